The molecule has 0 saturated carbocycles. The predicted molar refractivity (Wildman–Crippen MR) is 88.9 cm³/mol. The van der Waals surface area contributed by atoms with Crippen molar-refractivity contribution in [3.8, 4) is 5.75 Å². The topological polar surface area (TPSA) is 55.4 Å². The maximum Gasteiger partial charge on any atom is 0.226 e. The monoisotopic (exact) mass is 309 g/mol. The summed E-state index contributed by atoms with van der Waals surface area (Å²) in [4.78, 5) is 11.6. The summed E-state index contributed by atoms with van der Waals surface area (Å²) in [5, 5.41) is 11.3. The van der Waals surface area contributed by atoms with Crippen LogP contribution in [0.3, 0.4) is 0 Å². The van der Waals surface area contributed by atoms with E-state index in [9.17, 15) is 9.90 Å². The molecular formula is C19H19NO3. The van der Waals surface area contributed by atoms with E-state index in [4.69, 9.17) is 4.42 Å². The quantitative estimate of drug-likeness (QED) is 0.788. The second-order valence-electron chi connectivity index (χ2n) is 6.29. The first-order valence-electron chi connectivity index (χ1n) is 8.02. The average molecular weight is 309 g/mol. The van der Waals surface area contributed by atoms with E-state index in [1.54, 1.807) is 0 Å². The number of aryl methyl sites for hydroxylation is 2. The van der Waals surface area contributed by atoms with Gasteiger partial charge in [-0.25, -0.2) is 0 Å². The molecule has 2 heterocycles. The SMILES string of the molecule is Cn1c2c(c3ccccc31)CCCC2Cc1occc(=O)c1O. The lowest BCUT2D eigenvalue weighted by atomic mass is 9.84. The standard InChI is InChI=1S/C19H19NO3/c1-20-15-8-3-2-6-13(15)14-7-4-5-12(18(14)20)11-17-19(22)16(21)9-10-23-17/h2-3,6,8-10,12,22H,4-5,7,11H2,1H3. The van der Waals surface area contributed by atoms with Gasteiger partial charge in [0.15, 0.2) is 0 Å². The van der Waals surface area contributed by atoms with E-state index in [1.807, 2.05) is 0 Å². The molecule has 118 valence electrons. The number of rotatable bonds is 2. The first-order valence-corrected chi connectivity index (χ1v) is 8.02. The molecule has 0 spiro atoms. The highest BCUT2D eigenvalue weighted by atomic mass is 16.4. The summed E-state index contributed by atoms with van der Waals surface area (Å²) >= 11 is 0. The lowest BCUT2D eigenvalue weighted by Crippen LogP contribution is -2.15. The molecule has 0 bridgehead atoms. The largest absolute Gasteiger partial charge is 0.502 e. The first-order chi connectivity index (χ1) is 11.2. The second-order valence-corrected chi connectivity index (χ2v) is 6.29. The van der Waals surface area contributed by atoms with Crippen LogP contribution >= 0.6 is 0 Å². The molecule has 23 heavy (non-hydrogen) atoms. The minimum atomic E-state index is -0.376. The van der Waals surface area contributed by atoms with Crippen LogP contribution in [0.25, 0.3) is 10.9 Å². The van der Waals surface area contributed by atoms with Crippen LogP contribution in [0.1, 0.15) is 35.8 Å². The van der Waals surface area contributed by atoms with Crippen molar-refractivity contribution in [1.29, 1.82) is 0 Å². The van der Waals surface area contributed by atoms with E-state index in [1.165, 1.54) is 34.5 Å². The Morgan fingerprint density at radius 2 is 2.13 bits per heavy atom. The molecule has 4 rings (SSSR count). The normalized spacial score (nSPS) is 17.3. The van der Waals surface area contributed by atoms with Crippen LogP contribution in [0.15, 0.2) is 45.8 Å². The molecule has 0 amide bonds. The smallest absolute Gasteiger partial charge is 0.226 e. The fourth-order valence-electron chi connectivity index (χ4n) is 3.95. The Bertz CT molecular complexity index is 935. The van der Waals surface area contributed by atoms with E-state index in [0.29, 0.717) is 12.2 Å². The number of fused-ring (bicyclic) bond motifs is 3. The summed E-state index contributed by atoms with van der Waals surface area (Å²) < 4.78 is 7.67. The summed E-state index contributed by atoms with van der Waals surface area (Å²) in [6.45, 7) is 0. The van der Waals surface area contributed by atoms with E-state index in [-0.39, 0.29) is 17.1 Å². The van der Waals surface area contributed by atoms with Crippen LogP contribution in [-0.2, 0) is 19.9 Å². The zero-order valence-corrected chi connectivity index (χ0v) is 13.1. The Hall–Kier alpha value is -2.49. The molecule has 0 radical (unpaired) electrons. The van der Waals surface area contributed by atoms with Gasteiger partial charge in [0.25, 0.3) is 0 Å². The van der Waals surface area contributed by atoms with Crippen molar-refractivity contribution in [3.63, 3.8) is 0 Å². The third-order valence-corrected chi connectivity index (χ3v) is 4.99. The molecule has 0 saturated heterocycles. The Morgan fingerprint density at radius 1 is 1.30 bits per heavy atom. The van der Waals surface area contributed by atoms with Crippen molar-refractivity contribution in [2.24, 2.45) is 7.05 Å². The number of para-hydroxylation sites is 1. The minimum Gasteiger partial charge on any atom is -0.502 e. The molecule has 0 aliphatic heterocycles. The van der Waals surface area contributed by atoms with E-state index >= 15 is 0 Å². The third-order valence-electron chi connectivity index (χ3n) is 4.99. The summed E-state index contributed by atoms with van der Waals surface area (Å²) in [7, 11) is 2.10. The molecule has 4 nitrogen and oxygen atoms in total. The Kier molecular flexibility index (Phi) is 3.26. The minimum absolute atomic E-state index is 0.251. The van der Waals surface area contributed by atoms with E-state index < -0.39 is 0 Å². The zero-order chi connectivity index (χ0) is 16.0. The number of aromatic nitrogens is 1. The van der Waals surface area contributed by atoms with Crippen molar-refractivity contribution in [2.45, 2.75) is 31.6 Å². The summed E-state index contributed by atoms with van der Waals surface area (Å²) in [6.07, 6.45) is 5.15. The molecule has 1 aromatic carbocycles. The van der Waals surface area contributed by atoms with Gasteiger partial charge in [0.2, 0.25) is 11.2 Å². The number of benzene rings is 1. The summed E-state index contributed by atoms with van der Waals surface area (Å²) in [5.41, 5.74) is 3.57. The number of nitrogens with zero attached hydrogens (tertiary/aromatic N) is 1. The van der Waals surface area contributed by atoms with Gasteiger partial charge in [-0.05, 0) is 30.9 Å². The van der Waals surface area contributed by atoms with Gasteiger partial charge in [0, 0.05) is 42.0 Å². The van der Waals surface area contributed by atoms with Gasteiger partial charge < -0.3 is 14.1 Å². The number of hydrogen-bond acceptors (Lipinski definition) is 3. The second kappa shape index (κ2) is 5.30. The molecule has 0 fully saturated rings. The molecular weight excluding hydrogens is 290 g/mol. The molecule has 1 aliphatic rings. The van der Waals surface area contributed by atoms with Gasteiger partial charge in [-0.2, -0.15) is 0 Å². The Morgan fingerprint density at radius 3 is 3.00 bits per heavy atom. The average Bonchev–Trinajstić information content (AvgIpc) is 2.86. The zero-order valence-electron chi connectivity index (χ0n) is 13.1. The highest BCUT2D eigenvalue weighted by Gasteiger charge is 2.28. The van der Waals surface area contributed by atoms with E-state index in [2.05, 4.69) is 35.9 Å². The Balaban J connectivity index is 1.82. The Labute approximate surface area is 134 Å². The van der Waals surface area contributed by atoms with Crippen LogP contribution in [0.4, 0.5) is 0 Å². The van der Waals surface area contributed by atoms with Gasteiger partial charge in [-0.3, -0.25) is 4.79 Å². The molecule has 1 unspecified atom stereocenters. The van der Waals surface area contributed by atoms with Gasteiger partial charge in [0.1, 0.15) is 5.76 Å². The molecule has 1 aliphatic carbocycles. The van der Waals surface area contributed by atoms with Crippen LogP contribution in [0.2, 0.25) is 0 Å². The van der Waals surface area contributed by atoms with Crippen LogP contribution in [0.5, 0.6) is 5.75 Å². The highest BCUT2D eigenvalue weighted by Crippen LogP contribution is 2.40. The van der Waals surface area contributed by atoms with Gasteiger partial charge in [0.05, 0.1) is 6.26 Å². The van der Waals surface area contributed by atoms with Crippen LogP contribution in [-0.4, -0.2) is 9.67 Å². The lowest BCUT2D eigenvalue weighted by Gasteiger charge is -2.24. The molecule has 4 heteroatoms. The summed E-state index contributed by atoms with van der Waals surface area (Å²) in [6, 6.07) is 9.71. The fraction of sp³-hybridized carbons (Fsp3) is 0.316. The molecule has 1 atom stereocenters. The lowest BCUT2D eigenvalue weighted by molar-refractivity contribution is 0.380. The number of hydrogen-bond donors (Lipinski definition) is 1. The maximum absolute atomic E-state index is 11.6. The molecule has 1 N–H and O–H groups in total. The maximum atomic E-state index is 11.6. The van der Waals surface area contributed by atoms with Crippen molar-refractivity contribution in [1.82, 2.24) is 4.57 Å². The molecule has 2 aromatic heterocycles. The molecule has 3 aromatic rings. The highest BCUT2D eigenvalue weighted by molar-refractivity contribution is 5.86. The first kappa shape index (κ1) is 14.1. The summed E-state index contributed by atoms with van der Waals surface area (Å²) in [5.74, 6) is 0.395. The number of aromatic hydroxyl groups is 1. The van der Waals surface area contributed by atoms with Crippen molar-refractivity contribution in [3.05, 3.63) is 63.8 Å². The predicted octanol–water partition coefficient (Wildman–Crippen LogP) is 3.50. The van der Waals surface area contributed by atoms with Crippen molar-refractivity contribution in [2.75, 3.05) is 0 Å². The van der Waals surface area contributed by atoms with Crippen LogP contribution in [0, 0.1) is 0 Å². The van der Waals surface area contributed by atoms with Gasteiger partial charge in [-0.1, -0.05) is 18.2 Å². The van der Waals surface area contributed by atoms with Gasteiger partial charge in [-0.15, -0.1) is 0 Å². The fourth-order valence-corrected chi connectivity index (χ4v) is 3.95. The van der Waals surface area contributed by atoms with Gasteiger partial charge >= 0.3 is 0 Å². The van der Waals surface area contributed by atoms with E-state index in [0.717, 1.165) is 19.3 Å². The third kappa shape index (κ3) is 2.17. The van der Waals surface area contributed by atoms with Crippen molar-refractivity contribution >= 4 is 10.9 Å². The van der Waals surface area contributed by atoms with Crippen molar-refractivity contribution < 1.29 is 9.52 Å². The van der Waals surface area contributed by atoms with Crippen LogP contribution < -0.4 is 5.43 Å².